The summed E-state index contributed by atoms with van der Waals surface area (Å²) < 4.78 is 1.64. The van der Waals surface area contributed by atoms with E-state index in [0.29, 0.717) is 16.9 Å². The fraction of sp³-hybridized carbons (Fsp3) is 0. The molecule has 8 heteroatoms. The zero-order valence-electron chi connectivity index (χ0n) is 14.6. The zero-order valence-corrected chi connectivity index (χ0v) is 14.6. The van der Waals surface area contributed by atoms with Crippen LogP contribution < -0.4 is 11.2 Å². The van der Waals surface area contributed by atoms with E-state index in [1.54, 1.807) is 71.7 Å². The van der Waals surface area contributed by atoms with Gasteiger partial charge in [-0.15, -0.1) is 0 Å². The molecule has 2 aromatic carbocycles. The number of anilines is 1. The molecular formula is C20H15N5O3. The van der Waals surface area contributed by atoms with Crippen LogP contribution in [0.5, 0.6) is 0 Å². The Morgan fingerprint density at radius 2 is 1.82 bits per heavy atom. The molecule has 2 aromatic heterocycles. The second-order valence-electron chi connectivity index (χ2n) is 5.94. The average Bonchev–Trinajstić information content (AvgIpc) is 3.18. The van der Waals surface area contributed by atoms with Crippen LogP contribution in [0.15, 0.2) is 73.1 Å². The summed E-state index contributed by atoms with van der Waals surface area (Å²) in [6, 6.07) is 17.5. The van der Waals surface area contributed by atoms with Gasteiger partial charge in [0.1, 0.15) is 11.2 Å². The van der Waals surface area contributed by atoms with Crippen molar-refractivity contribution in [3.8, 4) is 5.69 Å². The Bertz CT molecular complexity index is 1150. The Balaban J connectivity index is 1.59. The SMILES string of the molecule is NOC(=O)c1cccc2cn(-c3ccc(NC(=O)c4ccccn4)cc3)nc12. The fourth-order valence-electron chi connectivity index (χ4n) is 2.80. The third-order valence-corrected chi connectivity index (χ3v) is 4.15. The van der Waals surface area contributed by atoms with Gasteiger partial charge in [-0.05, 0) is 42.5 Å². The van der Waals surface area contributed by atoms with Gasteiger partial charge in [0.25, 0.3) is 5.91 Å². The number of nitrogens with one attached hydrogen (secondary N) is 1. The van der Waals surface area contributed by atoms with Crippen LogP contribution in [0.4, 0.5) is 5.69 Å². The van der Waals surface area contributed by atoms with Crippen molar-refractivity contribution in [1.82, 2.24) is 14.8 Å². The molecule has 0 bridgehead atoms. The first-order chi connectivity index (χ1) is 13.7. The topological polar surface area (TPSA) is 112 Å². The van der Waals surface area contributed by atoms with Gasteiger partial charge in [-0.3, -0.25) is 9.78 Å². The van der Waals surface area contributed by atoms with E-state index < -0.39 is 5.97 Å². The van der Waals surface area contributed by atoms with Crippen LogP contribution in [-0.2, 0) is 4.84 Å². The highest BCUT2D eigenvalue weighted by atomic mass is 16.7. The molecular weight excluding hydrogens is 358 g/mol. The van der Waals surface area contributed by atoms with Crippen molar-refractivity contribution in [2.45, 2.75) is 0 Å². The lowest BCUT2D eigenvalue weighted by Crippen LogP contribution is -2.13. The second-order valence-corrected chi connectivity index (χ2v) is 5.94. The Morgan fingerprint density at radius 1 is 1.00 bits per heavy atom. The number of rotatable bonds is 4. The molecule has 0 aliphatic rings. The molecule has 0 saturated heterocycles. The summed E-state index contributed by atoms with van der Waals surface area (Å²) >= 11 is 0. The third kappa shape index (κ3) is 3.31. The highest BCUT2D eigenvalue weighted by Crippen LogP contribution is 2.21. The summed E-state index contributed by atoms with van der Waals surface area (Å²) in [6.07, 6.45) is 3.36. The lowest BCUT2D eigenvalue weighted by Gasteiger charge is -2.06. The standard InChI is InChI=1S/C20H15N5O3/c21-28-20(27)16-5-3-4-13-12-25(24-18(13)16)15-9-7-14(8-10-15)23-19(26)17-6-1-2-11-22-17/h1-12H,21H2,(H,23,26). The molecule has 0 aliphatic heterocycles. The van der Waals surface area contributed by atoms with Gasteiger partial charge < -0.3 is 10.2 Å². The van der Waals surface area contributed by atoms with Crippen molar-refractivity contribution in [1.29, 1.82) is 0 Å². The lowest BCUT2D eigenvalue weighted by molar-refractivity contribution is 0.0505. The minimum Gasteiger partial charge on any atom is -0.370 e. The molecule has 0 spiro atoms. The van der Waals surface area contributed by atoms with Gasteiger partial charge in [-0.2, -0.15) is 11.0 Å². The molecule has 2 heterocycles. The van der Waals surface area contributed by atoms with Crippen molar-refractivity contribution >= 4 is 28.5 Å². The van der Waals surface area contributed by atoms with Gasteiger partial charge >= 0.3 is 5.97 Å². The Kier molecular flexibility index (Phi) is 4.53. The van der Waals surface area contributed by atoms with Crippen molar-refractivity contribution in [2.75, 3.05) is 5.32 Å². The first-order valence-electron chi connectivity index (χ1n) is 8.38. The number of nitrogens with zero attached hydrogens (tertiary/aromatic N) is 3. The molecule has 0 aliphatic carbocycles. The van der Waals surface area contributed by atoms with Crippen LogP contribution in [0.25, 0.3) is 16.6 Å². The number of aromatic nitrogens is 3. The molecule has 3 N–H and O–H groups in total. The Labute approximate surface area is 159 Å². The number of fused-ring (bicyclic) bond motifs is 1. The van der Waals surface area contributed by atoms with Gasteiger partial charge in [-0.1, -0.05) is 18.2 Å². The fourth-order valence-corrected chi connectivity index (χ4v) is 2.80. The average molecular weight is 373 g/mol. The molecule has 138 valence electrons. The predicted molar refractivity (Wildman–Crippen MR) is 103 cm³/mol. The molecule has 4 aromatic rings. The van der Waals surface area contributed by atoms with Gasteiger partial charge in [0.05, 0.1) is 11.3 Å². The maximum atomic E-state index is 12.2. The quantitative estimate of drug-likeness (QED) is 0.532. The summed E-state index contributed by atoms with van der Waals surface area (Å²) in [5, 5.41) is 8.02. The number of pyridine rings is 1. The van der Waals surface area contributed by atoms with Gasteiger partial charge in [0.15, 0.2) is 0 Å². The van der Waals surface area contributed by atoms with Gasteiger partial charge in [0, 0.05) is 23.5 Å². The van der Waals surface area contributed by atoms with E-state index in [4.69, 9.17) is 5.90 Å². The van der Waals surface area contributed by atoms with Crippen molar-refractivity contribution in [2.24, 2.45) is 5.90 Å². The summed E-state index contributed by atoms with van der Waals surface area (Å²) in [7, 11) is 0. The van der Waals surface area contributed by atoms with Crippen LogP contribution in [0.3, 0.4) is 0 Å². The maximum Gasteiger partial charge on any atom is 0.358 e. The first-order valence-corrected chi connectivity index (χ1v) is 8.38. The molecule has 0 fully saturated rings. The highest BCUT2D eigenvalue weighted by molar-refractivity contribution is 6.03. The highest BCUT2D eigenvalue weighted by Gasteiger charge is 2.14. The number of hydrogen-bond acceptors (Lipinski definition) is 6. The van der Waals surface area contributed by atoms with Crippen molar-refractivity contribution in [3.05, 3.63) is 84.3 Å². The van der Waals surface area contributed by atoms with Crippen molar-refractivity contribution in [3.63, 3.8) is 0 Å². The van der Waals surface area contributed by atoms with E-state index in [1.807, 2.05) is 6.07 Å². The molecule has 0 saturated carbocycles. The summed E-state index contributed by atoms with van der Waals surface area (Å²) in [5.74, 6) is 4.05. The van der Waals surface area contributed by atoms with E-state index in [-0.39, 0.29) is 11.5 Å². The number of amides is 1. The van der Waals surface area contributed by atoms with E-state index >= 15 is 0 Å². The summed E-state index contributed by atoms with van der Waals surface area (Å²) in [4.78, 5) is 32.3. The van der Waals surface area contributed by atoms with Crippen LogP contribution in [0.2, 0.25) is 0 Å². The number of nitrogens with two attached hydrogens (primary N) is 1. The van der Waals surface area contributed by atoms with E-state index in [1.165, 1.54) is 0 Å². The lowest BCUT2D eigenvalue weighted by atomic mass is 10.1. The monoisotopic (exact) mass is 373 g/mol. The summed E-state index contributed by atoms with van der Waals surface area (Å²) in [6.45, 7) is 0. The minimum absolute atomic E-state index is 0.289. The van der Waals surface area contributed by atoms with E-state index in [9.17, 15) is 9.59 Å². The molecule has 1 amide bonds. The number of benzene rings is 2. The van der Waals surface area contributed by atoms with Gasteiger partial charge in [0.2, 0.25) is 0 Å². The second kappa shape index (κ2) is 7.29. The Hall–Kier alpha value is -4.04. The molecule has 8 nitrogen and oxygen atoms in total. The summed E-state index contributed by atoms with van der Waals surface area (Å²) in [5.41, 5.74) is 2.51. The maximum absolute atomic E-state index is 12.2. The first kappa shape index (κ1) is 17.4. The molecule has 28 heavy (non-hydrogen) atoms. The van der Waals surface area contributed by atoms with Crippen LogP contribution in [0.1, 0.15) is 20.8 Å². The van der Waals surface area contributed by atoms with Crippen LogP contribution >= 0.6 is 0 Å². The number of hydrogen-bond donors (Lipinski definition) is 2. The van der Waals surface area contributed by atoms with Gasteiger partial charge in [-0.25, -0.2) is 9.48 Å². The van der Waals surface area contributed by atoms with Crippen LogP contribution in [0, 0.1) is 0 Å². The number of carbonyl (C=O) groups is 2. The third-order valence-electron chi connectivity index (χ3n) is 4.15. The largest absolute Gasteiger partial charge is 0.370 e. The minimum atomic E-state index is -0.650. The van der Waals surface area contributed by atoms with Crippen LogP contribution in [-0.4, -0.2) is 26.6 Å². The molecule has 4 rings (SSSR count). The van der Waals surface area contributed by atoms with E-state index in [2.05, 4.69) is 20.2 Å². The zero-order chi connectivity index (χ0) is 19.5. The van der Waals surface area contributed by atoms with E-state index in [0.717, 1.165) is 11.1 Å². The normalized spacial score (nSPS) is 10.6. The molecule has 0 atom stereocenters. The molecule has 0 unspecified atom stereocenters. The smallest absolute Gasteiger partial charge is 0.358 e. The number of carbonyl (C=O) groups excluding carboxylic acids is 2. The molecule has 0 radical (unpaired) electrons. The van der Waals surface area contributed by atoms with Crippen molar-refractivity contribution < 1.29 is 14.4 Å². The predicted octanol–water partition coefficient (Wildman–Crippen LogP) is 2.70. The Morgan fingerprint density at radius 3 is 2.54 bits per heavy atom.